The number of Topliss-reactive ketones (excluding diaryl/α,β-unsaturated/α-hetero) is 1. The van der Waals surface area contributed by atoms with Crippen LogP contribution in [0.5, 0.6) is 0 Å². The number of fused-ring (bicyclic) bond motifs is 1. The smallest absolute Gasteiger partial charge is 0.179 e. The molecule has 0 radical (unpaired) electrons. The topological polar surface area (TPSA) is 23.6 Å². The summed E-state index contributed by atoms with van der Waals surface area (Å²) < 4.78 is 0. The Hall–Kier alpha value is -0.900. The summed E-state index contributed by atoms with van der Waals surface area (Å²) in [5.74, 6) is 0.205. The number of carbonyl (C=O) groups excluding carboxylic acids is 1. The Balaban J connectivity index is 1.66. The Labute approximate surface area is 131 Å². The molecule has 0 saturated carbocycles. The normalized spacial score (nSPS) is 25.3. The first-order valence-electron chi connectivity index (χ1n) is 7.93. The zero-order valence-corrected chi connectivity index (χ0v) is 13.4. The highest BCUT2D eigenvalue weighted by molar-refractivity contribution is 6.30. The zero-order chi connectivity index (χ0) is 14.8. The molecule has 2 fully saturated rings. The van der Waals surface area contributed by atoms with Crippen LogP contribution in [0.3, 0.4) is 0 Å². The van der Waals surface area contributed by atoms with Crippen LogP contribution < -0.4 is 0 Å². The van der Waals surface area contributed by atoms with E-state index in [4.69, 9.17) is 11.6 Å². The molecule has 2 aliphatic heterocycles. The van der Waals surface area contributed by atoms with E-state index in [1.807, 2.05) is 19.1 Å². The minimum absolute atomic E-state index is 0.0461. The molecule has 2 heterocycles. The number of rotatable bonds is 3. The molecule has 21 heavy (non-hydrogen) atoms. The van der Waals surface area contributed by atoms with Gasteiger partial charge in [0.05, 0.1) is 6.04 Å². The van der Waals surface area contributed by atoms with Crippen molar-refractivity contribution >= 4 is 17.4 Å². The first-order chi connectivity index (χ1) is 10.1. The van der Waals surface area contributed by atoms with E-state index in [1.165, 1.54) is 25.8 Å². The second kappa shape index (κ2) is 6.47. The summed E-state index contributed by atoms with van der Waals surface area (Å²) in [4.78, 5) is 17.6. The first kappa shape index (κ1) is 15.0. The predicted octanol–water partition coefficient (Wildman–Crippen LogP) is 3.08. The largest absolute Gasteiger partial charge is 0.298 e. The third-order valence-electron chi connectivity index (χ3n) is 4.92. The molecule has 2 saturated heterocycles. The quantitative estimate of drug-likeness (QED) is 0.802. The maximum atomic E-state index is 12.6. The van der Waals surface area contributed by atoms with E-state index in [1.54, 1.807) is 12.1 Å². The van der Waals surface area contributed by atoms with Gasteiger partial charge in [0.25, 0.3) is 0 Å². The average Bonchev–Trinajstić information content (AvgIpc) is 2.54. The van der Waals surface area contributed by atoms with Crippen molar-refractivity contribution in [2.24, 2.45) is 0 Å². The van der Waals surface area contributed by atoms with Gasteiger partial charge < -0.3 is 0 Å². The highest BCUT2D eigenvalue weighted by Gasteiger charge is 2.32. The number of ketones is 1. The van der Waals surface area contributed by atoms with E-state index in [-0.39, 0.29) is 11.8 Å². The molecule has 0 N–H and O–H groups in total. The van der Waals surface area contributed by atoms with Gasteiger partial charge in [-0.25, -0.2) is 0 Å². The molecule has 3 nitrogen and oxygen atoms in total. The van der Waals surface area contributed by atoms with Crippen molar-refractivity contribution in [2.75, 3.05) is 26.2 Å². The van der Waals surface area contributed by atoms with Crippen LogP contribution in [0.25, 0.3) is 0 Å². The number of hydrogen-bond acceptors (Lipinski definition) is 3. The number of halogens is 1. The standard InChI is InChI=1S/C17H23ClN2O/c1-13(17(21)14-5-7-15(18)8-6-14)20-11-10-19-9-3-2-4-16(19)12-20/h5-8,13,16H,2-4,9-12H2,1H3. The Kier molecular flexibility index (Phi) is 4.63. The molecular formula is C17H23ClN2O. The molecule has 0 amide bonds. The number of benzene rings is 1. The number of nitrogens with zero attached hydrogens (tertiary/aromatic N) is 2. The van der Waals surface area contributed by atoms with Gasteiger partial charge in [0.15, 0.2) is 5.78 Å². The lowest BCUT2D eigenvalue weighted by Crippen LogP contribution is -2.57. The molecule has 114 valence electrons. The molecule has 0 spiro atoms. The summed E-state index contributed by atoms with van der Waals surface area (Å²) in [6.07, 6.45) is 3.93. The van der Waals surface area contributed by atoms with Gasteiger partial charge in [0.2, 0.25) is 0 Å². The number of hydrogen-bond donors (Lipinski definition) is 0. The van der Waals surface area contributed by atoms with E-state index < -0.39 is 0 Å². The summed E-state index contributed by atoms with van der Waals surface area (Å²) in [5.41, 5.74) is 0.762. The van der Waals surface area contributed by atoms with Crippen LogP contribution in [-0.2, 0) is 0 Å². The van der Waals surface area contributed by atoms with Crippen LogP contribution in [0, 0.1) is 0 Å². The number of carbonyl (C=O) groups is 1. The third-order valence-corrected chi connectivity index (χ3v) is 5.18. The average molecular weight is 307 g/mol. The van der Waals surface area contributed by atoms with Gasteiger partial charge in [-0.05, 0) is 50.6 Å². The molecule has 2 aliphatic rings. The Morgan fingerprint density at radius 1 is 1.19 bits per heavy atom. The highest BCUT2D eigenvalue weighted by Crippen LogP contribution is 2.23. The lowest BCUT2D eigenvalue weighted by atomic mass is 9.97. The maximum Gasteiger partial charge on any atom is 0.179 e. The highest BCUT2D eigenvalue weighted by atomic mass is 35.5. The van der Waals surface area contributed by atoms with Gasteiger partial charge in [-0.1, -0.05) is 18.0 Å². The van der Waals surface area contributed by atoms with Gasteiger partial charge in [-0.15, -0.1) is 0 Å². The first-order valence-corrected chi connectivity index (χ1v) is 8.31. The van der Waals surface area contributed by atoms with Crippen LogP contribution in [0.15, 0.2) is 24.3 Å². The second-order valence-corrected chi connectivity index (χ2v) is 6.66. The predicted molar refractivity (Wildman–Crippen MR) is 86.0 cm³/mol. The molecule has 0 bridgehead atoms. The Morgan fingerprint density at radius 2 is 1.95 bits per heavy atom. The third kappa shape index (κ3) is 3.31. The molecule has 2 atom stereocenters. The number of piperidine rings is 1. The van der Waals surface area contributed by atoms with Crippen LogP contribution in [-0.4, -0.2) is 53.8 Å². The fourth-order valence-corrected chi connectivity index (χ4v) is 3.68. The molecule has 0 aromatic heterocycles. The Morgan fingerprint density at radius 3 is 2.71 bits per heavy atom. The fourth-order valence-electron chi connectivity index (χ4n) is 3.55. The van der Waals surface area contributed by atoms with Gasteiger partial charge in [0.1, 0.15) is 0 Å². The van der Waals surface area contributed by atoms with Gasteiger partial charge in [-0.2, -0.15) is 0 Å². The summed E-state index contributed by atoms with van der Waals surface area (Å²) >= 11 is 5.89. The molecule has 1 aromatic carbocycles. The van der Waals surface area contributed by atoms with Crippen molar-refractivity contribution in [2.45, 2.75) is 38.3 Å². The molecular weight excluding hydrogens is 284 g/mol. The minimum Gasteiger partial charge on any atom is -0.298 e. The molecule has 2 unspecified atom stereocenters. The SMILES string of the molecule is CC(C(=O)c1ccc(Cl)cc1)N1CCN2CCCCC2C1. The zero-order valence-electron chi connectivity index (χ0n) is 12.6. The van der Waals surface area contributed by atoms with Crippen LogP contribution in [0.2, 0.25) is 5.02 Å². The van der Waals surface area contributed by atoms with E-state index in [9.17, 15) is 4.79 Å². The molecule has 0 aliphatic carbocycles. The monoisotopic (exact) mass is 306 g/mol. The number of piperazine rings is 1. The summed E-state index contributed by atoms with van der Waals surface area (Å²) in [6, 6.07) is 7.85. The minimum atomic E-state index is -0.0461. The summed E-state index contributed by atoms with van der Waals surface area (Å²) in [5, 5.41) is 0.676. The molecule has 4 heteroatoms. The van der Waals surface area contributed by atoms with Crippen LogP contribution in [0.1, 0.15) is 36.5 Å². The van der Waals surface area contributed by atoms with Crippen molar-refractivity contribution in [3.8, 4) is 0 Å². The maximum absolute atomic E-state index is 12.6. The van der Waals surface area contributed by atoms with Crippen molar-refractivity contribution in [3.05, 3.63) is 34.9 Å². The molecule has 1 aromatic rings. The Bertz CT molecular complexity index is 502. The van der Waals surface area contributed by atoms with Crippen molar-refractivity contribution in [1.29, 1.82) is 0 Å². The van der Waals surface area contributed by atoms with E-state index in [0.717, 1.165) is 25.2 Å². The van der Waals surface area contributed by atoms with Crippen molar-refractivity contribution in [1.82, 2.24) is 9.80 Å². The van der Waals surface area contributed by atoms with Crippen LogP contribution in [0.4, 0.5) is 0 Å². The van der Waals surface area contributed by atoms with Crippen molar-refractivity contribution in [3.63, 3.8) is 0 Å². The van der Waals surface area contributed by atoms with E-state index >= 15 is 0 Å². The molecule has 3 rings (SSSR count). The lowest BCUT2D eigenvalue weighted by molar-refractivity contribution is 0.0300. The lowest BCUT2D eigenvalue weighted by Gasteiger charge is -2.45. The van der Waals surface area contributed by atoms with E-state index in [0.29, 0.717) is 11.1 Å². The van der Waals surface area contributed by atoms with Crippen molar-refractivity contribution < 1.29 is 4.79 Å². The van der Waals surface area contributed by atoms with Gasteiger partial charge >= 0.3 is 0 Å². The van der Waals surface area contributed by atoms with Gasteiger partial charge in [0, 0.05) is 36.3 Å². The second-order valence-electron chi connectivity index (χ2n) is 6.23. The van der Waals surface area contributed by atoms with Crippen LogP contribution >= 0.6 is 11.6 Å². The fraction of sp³-hybridized carbons (Fsp3) is 0.588. The van der Waals surface area contributed by atoms with E-state index in [2.05, 4.69) is 9.80 Å². The summed E-state index contributed by atoms with van der Waals surface area (Å²) in [6.45, 7) is 6.40. The summed E-state index contributed by atoms with van der Waals surface area (Å²) in [7, 11) is 0. The van der Waals surface area contributed by atoms with Gasteiger partial charge in [-0.3, -0.25) is 14.6 Å².